The van der Waals surface area contributed by atoms with E-state index >= 15 is 0 Å². The number of hydrogen-bond donors (Lipinski definition) is 4. The Kier molecular flexibility index (Phi) is 8.20. The van der Waals surface area contributed by atoms with Crippen molar-refractivity contribution in [3.05, 3.63) is 102 Å². The quantitative estimate of drug-likeness (QED) is 0.293. The Morgan fingerprint density at radius 1 is 0.972 bits per heavy atom. The third-order valence-electron chi connectivity index (χ3n) is 5.14. The van der Waals surface area contributed by atoms with E-state index in [2.05, 4.69) is 10.3 Å². The predicted molar refractivity (Wildman–Crippen MR) is 134 cm³/mol. The summed E-state index contributed by atoms with van der Waals surface area (Å²) in [4.78, 5) is 24.8. The molecule has 36 heavy (non-hydrogen) atoms. The van der Waals surface area contributed by atoms with Gasteiger partial charge in [0.25, 0.3) is 10.0 Å². The Bertz CT molecular complexity index is 1450. The van der Waals surface area contributed by atoms with Crippen molar-refractivity contribution in [2.45, 2.75) is 11.4 Å². The Labute approximate surface area is 207 Å². The van der Waals surface area contributed by atoms with E-state index in [1.54, 1.807) is 31.6 Å². The van der Waals surface area contributed by atoms with Crippen molar-refractivity contribution in [2.75, 3.05) is 12.4 Å². The van der Waals surface area contributed by atoms with Gasteiger partial charge in [-0.3, -0.25) is 4.98 Å². The third-order valence-corrected chi connectivity index (χ3v) is 6.79. The first kappa shape index (κ1) is 26.1. The topological polar surface area (TPSA) is 165 Å². The zero-order valence-electron chi connectivity index (χ0n) is 19.2. The summed E-state index contributed by atoms with van der Waals surface area (Å²) in [5.41, 5.74) is 8.70. The van der Waals surface area contributed by atoms with Crippen LogP contribution in [0.15, 0.2) is 90.2 Å². The standard InChI is InChI=1S/C17H18N4O2S.C8H6O4/c1-19-14-9-17(16-7-3-2-5-13(16)10-18)21(12-14)24(22,23)15-6-4-8-20-11-15;9-7(10)5-2-1-3-6(4-5)8(11)12/h2-9,11-12,19H,10,18H2,1H3;1-4H,(H,9,10)(H,11,12). The minimum atomic E-state index is -3.76. The van der Waals surface area contributed by atoms with Crippen LogP contribution in [0, 0.1) is 0 Å². The molecule has 0 aliphatic heterocycles. The Balaban J connectivity index is 0.000000253. The normalized spacial score (nSPS) is 10.7. The smallest absolute Gasteiger partial charge is 0.335 e. The van der Waals surface area contributed by atoms with Crippen molar-refractivity contribution < 1.29 is 28.2 Å². The molecule has 0 fully saturated rings. The lowest BCUT2D eigenvalue weighted by Gasteiger charge is -2.12. The number of nitrogens with zero attached hydrogens (tertiary/aromatic N) is 2. The van der Waals surface area contributed by atoms with Crippen molar-refractivity contribution in [3.63, 3.8) is 0 Å². The van der Waals surface area contributed by atoms with Crippen molar-refractivity contribution in [1.82, 2.24) is 8.96 Å². The van der Waals surface area contributed by atoms with Gasteiger partial charge in [-0.15, -0.1) is 0 Å². The molecule has 4 rings (SSSR count). The summed E-state index contributed by atoms with van der Waals surface area (Å²) in [7, 11) is -2.01. The van der Waals surface area contributed by atoms with E-state index in [0.29, 0.717) is 17.9 Å². The van der Waals surface area contributed by atoms with Gasteiger partial charge in [0.05, 0.1) is 22.5 Å². The molecule has 0 amide bonds. The number of benzene rings is 2. The maximum atomic E-state index is 13.0. The van der Waals surface area contributed by atoms with Crippen LogP contribution in [-0.4, -0.2) is 46.6 Å². The van der Waals surface area contributed by atoms with Crippen LogP contribution in [-0.2, 0) is 16.6 Å². The Morgan fingerprint density at radius 3 is 2.19 bits per heavy atom. The summed E-state index contributed by atoms with van der Waals surface area (Å²) >= 11 is 0. The lowest BCUT2D eigenvalue weighted by molar-refractivity contribution is 0.0696. The molecule has 2 heterocycles. The fourth-order valence-electron chi connectivity index (χ4n) is 3.32. The molecule has 4 aromatic rings. The Hall–Kier alpha value is -4.48. The number of anilines is 1. The van der Waals surface area contributed by atoms with E-state index in [4.69, 9.17) is 15.9 Å². The van der Waals surface area contributed by atoms with E-state index < -0.39 is 22.0 Å². The van der Waals surface area contributed by atoms with E-state index in [1.165, 1.54) is 34.4 Å². The van der Waals surface area contributed by atoms with Crippen LogP contribution in [0.1, 0.15) is 26.3 Å². The molecule has 0 radical (unpaired) electrons. The van der Waals surface area contributed by atoms with Gasteiger partial charge >= 0.3 is 11.9 Å². The fraction of sp³-hybridized carbons (Fsp3) is 0.0800. The number of carboxylic acid groups (broad SMARTS) is 2. The van der Waals surface area contributed by atoms with E-state index in [1.807, 2.05) is 24.3 Å². The summed E-state index contributed by atoms with van der Waals surface area (Å²) in [5, 5.41) is 20.0. The van der Waals surface area contributed by atoms with E-state index in [-0.39, 0.29) is 16.0 Å². The number of carboxylic acids is 2. The van der Waals surface area contributed by atoms with Crippen molar-refractivity contribution in [3.8, 4) is 11.3 Å². The highest BCUT2D eigenvalue weighted by atomic mass is 32.2. The van der Waals surface area contributed by atoms with Crippen LogP contribution in [0.2, 0.25) is 0 Å². The minimum absolute atomic E-state index is 0.0186. The second kappa shape index (κ2) is 11.3. The second-order valence-electron chi connectivity index (χ2n) is 7.41. The number of carbonyl (C=O) groups is 2. The highest BCUT2D eigenvalue weighted by Crippen LogP contribution is 2.31. The molecule has 0 saturated heterocycles. The van der Waals surface area contributed by atoms with Crippen molar-refractivity contribution in [2.24, 2.45) is 5.73 Å². The summed E-state index contributed by atoms with van der Waals surface area (Å²) in [5.74, 6) is -2.25. The summed E-state index contributed by atoms with van der Waals surface area (Å²) < 4.78 is 27.3. The molecule has 0 atom stereocenters. The summed E-state index contributed by atoms with van der Waals surface area (Å²) in [6, 6.07) is 17.6. The van der Waals surface area contributed by atoms with Gasteiger partial charge in [-0.25, -0.2) is 22.0 Å². The molecular weight excluding hydrogens is 484 g/mol. The van der Waals surface area contributed by atoms with Crippen molar-refractivity contribution in [1.29, 1.82) is 0 Å². The maximum absolute atomic E-state index is 13.0. The van der Waals surface area contributed by atoms with Crippen LogP contribution in [0.4, 0.5) is 5.69 Å². The van der Waals surface area contributed by atoms with Crippen LogP contribution in [0.5, 0.6) is 0 Å². The number of nitrogens with one attached hydrogen (secondary N) is 1. The SMILES string of the molecule is CNc1cc(-c2ccccc2CN)n(S(=O)(=O)c2cccnc2)c1.O=C(O)c1cccc(C(=O)O)c1. The molecular formula is C25H24N4O6S. The zero-order chi connectivity index (χ0) is 26.3. The lowest BCUT2D eigenvalue weighted by Crippen LogP contribution is -2.14. The molecule has 0 aliphatic rings. The van der Waals surface area contributed by atoms with Crippen LogP contribution >= 0.6 is 0 Å². The molecule has 2 aromatic carbocycles. The fourth-order valence-corrected chi connectivity index (χ4v) is 4.66. The molecule has 0 unspecified atom stereocenters. The maximum Gasteiger partial charge on any atom is 0.335 e. The van der Waals surface area contributed by atoms with Gasteiger partial charge in [-0.2, -0.15) is 0 Å². The molecule has 186 valence electrons. The number of aromatic nitrogens is 2. The number of aromatic carboxylic acids is 2. The van der Waals surface area contributed by atoms with Gasteiger partial charge in [0.15, 0.2) is 0 Å². The predicted octanol–water partition coefficient (Wildman–Crippen LogP) is 3.37. The first-order chi connectivity index (χ1) is 17.2. The molecule has 0 spiro atoms. The van der Waals surface area contributed by atoms with Gasteiger partial charge in [0.2, 0.25) is 0 Å². The van der Waals surface area contributed by atoms with Gasteiger partial charge in [0.1, 0.15) is 4.90 Å². The average molecular weight is 509 g/mol. The molecule has 0 bridgehead atoms. The number of rotatable bonds is 7. The largest absolute Gasteiger partial charge is 0.478 e. The second-order valence-corrected chi connectivity index (χ2v) is 9.22. The van der Waals surface area contributed by atoms with Crippen molar-refractivity contribution >= 4 is 27.6 Å². The Morgan fingerprint density at radius 2 is 1.64 bits per heavy atom. The number of nitrogens with two attached hydrogens (primary N) is 1. The highest BCUT2D eigenvalue weighted by molar-refractivity contribution is 7.90. The third kappa shape index (κ3) is 5.77. The van der Waals surface area contributed by atoms with Crippen LogP contribution in [0.3, 0.4) is 0 Å². The number of pyridine rings is 1. The van der Waals surface area contributed by atoms with Gasteiger partial charge in [0, 0.05) is 37.7 Å². The van der Waals surface area contributed by atoms with Crippen LogP contribution in [0.25, 0.3) is 11.3 Å². The van der Waals surface area contributed by atoms with E-state index in [9.17, 15) is 18.0 Å². The summed E-state index contributed by atoms with van der Waals surface area (Å²) in [6.45, 7) is 0.323. The van der Waals surface area contributed by atoms with Gasteiger partial charge in [-0.05, 0) is 42.0 Å². The highest BCUT2D eigenvalue weighted by Gasteiger charge is 2.22. The number of hydrogen-bond acceptors (Lipinski definition) is 7. The molecule has 11 heteroatoms. The first-order valence-corrected chi connectivity index (χ1v) is 12.0. The lowest BCUT2D eigenvalue weighted by atomic mass is 10.1. The minimum Gasteiger partial charge on any atom is -0.478 e. The van der Waals surface area contributed by atoms with E-state index in [0.717, 1.165) is 17.2 Å². The molecule has 5 N–H and O–H groups in total. The molecule has 0 aliphatic carbocycles. The van der Waals surface area contributed by atoms with Gasteiger partial charge < -0.3 is 21.3 Å². The zero-order valence-corrected chi connectivity index (χ0v) is 20.0. The van der Waals surface area contributed by atoms with Crippen LogP contribution < -0.4 is 11.1 Å². The molecule has 0 saturated carbocycles. The monoisotopic (exact) mass is 508 g/mol. The van der Waals surface area contributed by atoms with Gasteiger partial charge in [-0.1, -0.05) is 30.3 Å². The summed E-state index contributed by atoms with van der Waals surface area (Å²) in [6.07, 6.45) is 4.44. The first-order valence-electron chi connectivity index (χ1n) is 10.6. The molecule has 2 aromatic heterocycles. The molecule has 10 nitrogen and oxygen atoms in total. The average Bonchev–Trinajstić information content (AvgIpc) is 3.35.